The van der Waals surface area contributed by atoms with Gasteiger partial charge in [-0.2, -0.15) is 0 Å². The van der Waals surface area contributed by atoms with Crippen LogP contribution in [0.25, 0.3) is 0 Å². The predicted molar refractivity (Wildman–Crippen MR) is 87.5 cm³/mol. The van der Waals surface area contributed by atoms with E-state index in [0.29, 0.717) is 19.1 Å². The third-order valence-corrected chi connectivity index (χ3v) is 4.46. The van der Waals surface area contributed by atoms with Crippen LogP contribution in [-0.2, 0) is 20.9 Å². The van der Waals surface area contributed by atoms with E-state index in [4.69, 9.17) is 9.47 Å². The van der Waals surface area contributed by atoms with E-state index in [9.17, 15) is 4.79 Å². The van der Waals surface area contributed by atoms with E-state index < -0.39 is 5.41 Å². The highest BCUT2D eigenvalue weighted by Gasteiger charge is 2.47. The fraction of sp³-hybridized carbons (Fsp3) is 0.632. The number of hydrogen-bond acceptors (Lipinski definition) is 3. The highest BCUT2D eigenvalue weighted by atomic mass is 16.5. The average molecular weight is 304 g/mol. The van der Waals surface area contributed by atoms with Crippen molar-refractivity contribution < 1.29 is 14.3 Å². The highest BCUT2D eigenvalue weighted by Crippen LogP contribution is 2.41. The molecule has 122 valence electrons. The van der Waals surface area contributed by atoms with Gasteiger partial charge in [0.2, 0.25) is 0 Å². The molecule has 0 aliphatic heterocycles. The third kappa shape index (κ3) is 4.10. The Morgan fingerprint density at radius 3 is 2.64 bits per heavy atom. The summed E-state index contributed by atoms with van der Waals surface area (Å²) in [5.74, 6) is 0.258. The Balaban J connectivity index is 1.94. The number of rotatable bonds is 6. The summed E-state index contributed by atoms with van der Waals surface area (Å²) in [5.41, 5.74) is 1.89. The molecule has 1 aliphatic rings. The molecule has 2 rings (SSSR count). The molecule has 0 bridgehead atoms. The van der Waals surface area contributed by atoms with Gasteiger partial charge in [0.1, 0.15) is 0 Å². The Labute approximate surface area is 134 Å². The van der Waals surface area contributed by atoms with Gasteiger partial charge in [0.15, 0.2) is 0 Å². The number of hydrogen-bond donors (Lipinski definition) is 0. The maximum atomic E-state index is 12.4. The van der Waals surface area contributed by atoms with Gasteiger partial charge in [-0.05, 0) is 44.6 Å². The molecule has 0 amide bonds. The minimum atomic E-state index is -0.500. The zero-order chi connectivity index (χ0) is 16.2. The van der Waals surface area contributed by atoms with Crippen molar-refractivity contribution in [3.8, 4) is 0 Å². The first kappa shape index (κ1) is 17.0. The largest absolute Gasteiger partial charge is 0.465 e. The van der Waals surface area contributed by atoms with Gasteiger partial charge in [0, 0.05) is 0 Å². The van der Waals surface area contributed by atoms with Crippen molar-refractivity contribution in [1.82, 2.24) is 0 Å². The maximum Gasteiger partial charge on any atom is 0.314 e. The number of aryl methyl sites for hydroxylation is 1. The van der Waals surface area contributed by atoms with E-state index in [1.54, 1.807) is 0 Å². The second-order valence-corrected chi connectivity index (χ2v) is 7.09. The van der Waals surface area contributed by atoms with Crippen LogP contribution < -0.4 is 0 Å². The smallest absolute Gasteiger partial charge is 0.314 e. The lowest BCUT2D eigenvalue weighted by Gasteiger charge is -2.29. The van der Waals surface area contributed by atoms with Gasteiger partial charge in [0.05, 0.1) is 24.7 Å². The fourth-order valence-corrected chi connectivity index (χ4v) is 2.92. The molecule has 0 saturated heterocycles. The minimum absolute atomic E-state index is 0.0477. The molecule has 0 radical (unpaired) electrons. The van der Waals surface area contributed by atoms with Gasteiger partial charge in [-0.15, -0.1) is 0 Å². The Morgan fingerprint density at radius 2 is 2.00 bits per heavy atom. The van der Waals surface area contributed by atoms with Crippen LogP contribution in [0.15, 0.2) is 24.3 Å². The summed E-state index contributed by atoms with van der Waals surface area (Å²) in [5, 5.41) is 0. The van der Waals surface area contributed by atoms with Crippen LogP contribution in [0.5, 0.6) is 0 Å². The summed E-state index contributed by atoms with van der Waals surface area (Å²) < 4.78 is 11.5. The molecular formula is C19H28O3. The summed E-state index contributed by atoms with van der Waals surface area (Å²) in [6.07, 6.45) is 2.75. The van der Waals surface area contributed by atoms with Crippen molar-refractivity contribution in [3.05, 3.63) is 35.4 Å². The first-order valence-corrected chi connectivity index (χ1v) is 8.26. The Morgan fingerprint density at radius 1 is 1.32 bits per heavy atom. The summed E-state index contributed by atoms with van der Waals surface area (Å²) in [7, 11) is 0. The Kier molecular flexibility index (Phi) is 5.63. The van der Waals surface area contributed by atoms with Crippen molar-refractivity contribution >= 4 is 5.97 Å². The minimum Gasteiger partial charge on any atom is -0.465 e. The van der Waals surface area contributed by atoms with Crippen molar-refractivity contribution in [2.24, 2.45) is 11.3 Å². The van der Waals surface area contributed by atoms with Crippen molar-refractivity contribution in [1.29, 1.82) is 0 Å². The first-order chi connectivity index (χ1) is 10.4. The van der Waals surface area contributed by atoms with Crippen LogP contribution in [0, 0.1) is 18.3 Å². The standard InChI is InChI=1S/C19H28O3/c1-14(2)12-22-18(20)19(4)11-5-6-17(19)21-13-16-9-7-15(3)8-10-16/h7-10,14,17H,5-6,11-13H2,1-4H3. The molecule has 22 heavy (non-hydrogen) atoms. The predicted octanol–water partition coefficient (Wildman–Crippen LogP) is 4.27. The van der Waals surface area contributed by atoms with E-state index in [-0.39, 0.29) is 12.1 Å². The molecular weight excluding hydrogens is 276 g/mol. The molecule has 1 aliphatic carbocycles. The number of benzene rings is 1. The summed E-state index contributed by atoms with van der Waals surface area (Å²) in [6, 6.07) is 8.34. The molecule has 3 heteroatoms. The first-order valence-electron chi connectivity index (χ1n) is 8.26. The number of esters is 1. The second-order valence-electron chi connectivity index (χ2n) is 7.09. The lowest BCUT2D eigenvalue weighted by molar-refractivity contribution is -0.164. The molecule has 0 aromatic heterocycles. The van der Waals surface area contributed by atoms with Crippen LogP contribution in [0.2, 0.25) is 0 Å². The average Bonchev–Trinajstić information content (AvgIpc) is 2.86. The molecule has 0 spiro atoms. The summed E-state index contributed by atoms with van der Waals surface area (Å²) >= 11 is 0. The van der Waals surface area contributed by atoms with Gasteiger partial charge < -0.3 is 9.47 Å². The van der Waals surface area contributed by atoms with Crippen LogP contribution in [0.4, 0.5) is 0 Å². The van der Waals surface area contributed by atoms with Crippen LogP contribution in [-0.4, -0.2) is 18.7 Å². The Bertz CT molecular complexity index is 492. The summed E-state index contributed by atoms with van der Waals surface area (Å²) in [6.45, 7) is 9.20. The molecule has 1 aromatic carbocycles. The van der Waals surface area contributed by atoms with Gasteiger partial charge in [0.25, 0.3) is 0 Å². The second kappa shape index (κ2) is 7.28. The lowest BCUT2D eigenvalue weighted by atomic mass is 9.86. The highest BCUT2D eigenvalue weighted by molar-refractivity contribution is 5.77. The molecule has 0 N–H and O–H groups in total. The van der Waals surface area contributed by atoms with E-state index in [2.05, 4.69) is 45.0 Å². The van der Waals surface area contributed by atoms with E-state index in [0.717, 1.165) is 24.8 Å². The van der Waals surface area contributed by atoms with E-state index in [1.807, 2.05) is 6.92 Å². The molecule has 3 nitrogen and oxygen atoms in total. The lowest BCUT2D eigenvalue weighted by Crippen LogP contribution is -2.39. The monoisotopic (exact) mass is 304 g/mol. The third-order valence-electron chi connectivity index (χ3n) is 4.46. The molecule has 0 heterocycles. The fourth-order valence-electron chi connectivity index (χ4n) is 2.92. The zero-order valence-electron chi connectivity index (χ0n) is 14.2. The Hall–Kier alpha value is -1.35. The normalized spacial score (nSPS) is 24.7. The SMILES string of the molecule is Cc1ccc(COC2CCCC2(C)C(=O)OCC(C)C)cc1. The van der Waals surface area contributed by atoms with Gasteiger partial charge in [-0.25, -0.2) is 0 Å². The quantitative estimate of drug-likeness (QED) is 0.736. The molecule has 2 atom stereocenters. The molecule has 1 aromatic rings. The zero-order valence-corrected chi connectivity index (χ0v) is 14.2. The van der Waals surface area contributed by atoms with Gasteiger partial charge in [-0.3, -0.25) is 4.79 Å². The molecule has 1 saturated carbocycles. The summed E-state index contributed by atoms with van der Waals surface area (Å²) in [4.78, 5) is 12.4. The topological polar surface area (TPSA) is 35.5 Å². The van der Waals surface area contributed by atoms with Crippen LogP contribution in [0.3, 0.4) is 0 Å². The van der Waals surface area contributed by atoms with Crippen molar-refractivity contribution in [3.63, 3.8) is 0 Å². The van der Waals surface area contributed by atoms with Crippen LogP contribution >= 0.6 is 0 Å². The van der Waals surface area contributed by atoms with E-state index in [1.165, 1.54) is 5.56 Å². The number of ether oxygens (including phenoxy) is 2. The molecule has 1 fully saturated rings. The van der Waals surface area contributed by atoms with Crippen molar-refractivity contribution in [2.75, 3.05) is 6.61 Å². The van der Waals surface area contributed by atoms with Crippen LogP contribution in [0.1, 0.15) is 51.2 Å². The van der Waals surface area contributed by atoms with Crippen molar-refractivity contribution in [2.45, 2.75) is 59.7 Å². The number of carbonyl (C=O) groups excluding carboxylic acids is 1. The van der Waals surface area contributed by atoms with Gasteiger partial charge >= 0.3 is 5.97 Å². The van der Waals surface area contributed by atoms with Gasteiger partial charge in [-0.1, -0.05) is 43.7 Å². The van der Waals surface area contributed by atoms with E-state index >= 15 is 0 Å². The number of carbonyl (C=O) groups is 1. The maximum absolute atomic E-state index is 12.4. The molecule has 2 unspecified atom stereocenters.